The van der Waals surface area contributed by atoms with Crippen LogP contribution in [0.4, 0.5) is 30.7 Å². The Labute approximate surface area is 147 Å². The Kier molecular flexibility index (Phi) is 4.20. The smallest absolute Gasteiger partial charge is 0.460 e. The molecule has 0 saturated carbocycles. The monoisotopic (exact) mass is 399 g/mol. The van der Waals surface area contributed by atoms with Gasteiger partial charge in [0.05, 0.1) is 18.5 Å². The molecule has 2 aliphatic rings. The lowest BCUT2D eigenvalue weighted by molar-refractivity contribution is -0.345. The Morgan fingerprint density at radius 2 is 1.70 bits per heavy atom. The molecule has 0 radical (unpaired) electrons. The molecule has 1 aromatic carbocycles. The topological polar surface area (TPSA) is 46.6 Å². The van der Waals surface area contributed by atoms with Crippen LogP contribution in [-0.4, -0.2) is 53.3 Å². The number of Topliss-reactive ketones (excluding diaryl/α,β-unsaturated/α-hetero) is 1. The summed E-state index contributed by atoms with van der Waals surface area (Å²) >= 11 is 0. The van der Waals surface area contributed by atoms with E-state index in [2.05, 4.69) is 0 Å². The molecular formula is C16H12F7NO3. The number of ketones is 1. The van der Waals surface area contributed by atoms with Crippen molar-refractivity contribution in [1.82, 2.24) is 4.90 Å². The Hall–Kier alpha value is -2.33. The zero-order valence-electron chi connectivity index (χ0n) is 13.5. The molecule has 1 fully saturated rings. The zero-order valence-corrected chi connectivity index (χ0v) is 13.5. The Bertz CT molecular complexity index is 792. The van der Waals surface area contributed by atoms with E-state index < -0.39 is 48.4 Å². The lowest BCUT2D eigenvalue weighted by Crippen LogP contribution is -2.60. The number of likely N-dealkylation sites (tertiary alicyclic amines) is 1. The van der Waals surface area contributed by atoms with Gasteiger partial charge in [0.2, 0.25) is 0 Å². The summed E-state index contributed by atoms with van der Waals surface area (Å²) in [7, 11) is 0. The van der Waals surface area contributed by atoms with Crippen LogP contribution in [0.25, 0.3) is 0 Å². The highest BCUT2D eigenvalue weighted by Crippen LogP contribution is 2.48. The standard InChI is InChI=1S/C16H12F7NO3/c17-14(18,15(19,20)16(21,22)23)12(26)24-6-5-13(8-24)7-10(25)9-3-1-2-4-11(9)27-13/h1-4H,5-8H2. The molecule has 1 amide bonds. The molecule has 148 valence electrons. The van der Waals surface area contributed by atoms with Crippen LogP contribution in [0, 0.1) is 0 Å². The van der Waals surface area contributed by atoms with E-state index in [0.717, 1.165) is 0 Å². The van der Waals surface area contributed by atoms with E-state index in [1.54, 1.807) is 12.1 Å². The molecule has 27 heavy (non-hydrogen) atoms. The summed E-state index contributed by atoms with van der Waals surface area (Å²) < 4.78 is 95.9. The fraction of sp³-hybridized carbons (Fsp3) is 0.500. The number of carbonyl (C=O) groups is 2. The van der Waals surface area contributed by atoms with Crippen LogP contribution < -0.4 is 4.74 Å². The maximum absolute atomic E-state index is 13.6. The van der Waals surface area contributed by atoms with Gasteiger partial charge in [-0.1, -0.05) is 12.1 Å². The first-order valence-corrected chi connectivity index (χ1v) is 7.74. The van der Waals surface area contributed by atoms with E-state index in [1.807, 2.05) is 0 Å². The van der Waals surface area contributed by atoms with E-state index in [9.17, 15) is 40.3 Å². The average Bonchev–Trinajstić information content (AvgIpc) is 2.95. The van der Waals surface area contributed by atoms with Crippen molar-refractivity contribution in [2.45, 2.75) is 36.5 Å². The molecule has 1 aromatic rings. The molecule has 2 aliphatic heterocycles. The minimum absolute atomic E-state index is 0.135. The summed E-state index contributed by atoms with van der Waals surface area (Å²) in [6.45, 7) is -1.24. The van der Waals surface area contributed by atoms with Crippen LogP contribution in [-0.2, 0) is 4.79 Å². The summed E-state index contributed by atoms with van der Waals surface area (Å²) in [5, 5.41) is 0. The molecule has 0 bridgehead atoms. The van der Waals surface area contributed by atoms with Gasteiger partial charge >= 0.3 is 18.0 Å². The number of fused-ring (bicyclic) bond motifs is 1. The first-order chi connectivity index (χ1) is 12.3. The number of ether oxygens (including phenoxy) is 1. The van der Waals surface area contributed by atoms with Crippen LogP contribution >= 0.6 is 0 Å². The summed E-state index contributed by atoms with van der Waals surface area (Å²) in [5.41, 5.74) is -1.20. The quantitative estimate of drug-likeness (QED) is 0.716. The Morgan fingerprint density at radius 1 is 1.07 bits per heavy atom. The largest absolute Gasteiger partial charge is 0.484 e. The van der Waals surface area contributed by atoms with Gasteiger partial charge in [0.15, 0.2) is 5.78 Å². The zero-order chi connectivity index (χ0) is 20.3. The third-order valence-electron chi connectivity index (χ3n) is 4.62. The third kappa shape index (κ3) is 2.92. The van der Waals surface area contributed by atoms with Crippen molar-refractivity contribution in [2.24, 2.45) is 0 Å². The third-order valence-corrected chi connectivity index (χ3v) is 4.62. The number of carbonyl (C=O) groups excluding carboxylic acids is 2. The average molecular weight is 399 g/mol. The molecule has 4 nitrogen and oxygen atoms in total. The van der Waals surface area contributed by atoms with Crippen molar-refractivity contribution in [1.29, 1.82) is 0 Å². The molecule has 1 saturated heterocycles. The van der Waals surface area contributed by atoms with Gasteiger partial charge in [0.25, 0.3) is 5.91 Å². The summed E-state index contributed by atoms with van der Waals surface area (Å²) in [6, 6.07) is 6.02. The molecule has 3 rings (SSSR count). The summed E-state index contributed by atoms with van der Waals surface area (Å²) in [4.78, 5) is 24.2. The van der Waals surface area contributed by atoms with Crippen molar-refractivity contribution >= 4 is 11.7 Å². The maximum atomic E-state index is 13.6. The number of para-hydroxylation sites is 1. The van der Waals surface area contributed by atoms with Gasteiger partial charge in [-0.25, -0.2) is 0 Å². The minimum atomic E-state index is -6.60. The predicted octanol–water partition coefficient (Wildman–Crippen LogP) is 3.46. The van der Waals surface area contributed by atoms with Gasteiger partial charge < -0.3 is 9.64 Å². The predicted molar refractivity (Wildman–Crippen MR) is 75.9 cm³/mol. The maximum Gasteiger partial charge on any atom is 0.460 e. The van der Waals surface area contributed by atoms with Crippen molar-refractivity contribution < 1.29 is 45.1 Å². The fourth-order valence-corrected chi connectivity index (χ4v) is 3.20. The second kappa shape index (κ2) is 5.83. The lowest BCUT2D eigenvalue weighted by atomic mass is 9.89. The molecule has 1 atom stereocenters. The van der Waals surface area contributed by atoms with Crippen molar-refractivity contribution in [3.63, 3.8) is 0 Å². The van der Waals surface area contributed by atoms with Gasteiger partial charge in [-0.05, 0) is 12.1 Å². The lowest BCUT2D eigenvalue weighted by Gasteiger charge is -2.35. The summed E-state index contributed by atoms with van der Waals surface area (Å²) in [5.74, 6) is -15.4. The Morgan fingerprint density at radius 3 is 2.33 bits per heavy atom. The van der Waals surface area contributed by atoms with Gasteiger partial charge in [0.1, 0.15) is 11.4 Å². The highest BCUT2D eigenvalue weighted by Gasteiger charge is 2.77. The number of nitrogens with zero attached hydrogens (tertiary/aromatic N) is 1. The molecule has 2 heterocycles. The van der Waals surface area contributed by atoms with Crippen LogP contribution in [0.2, 0.25) is 0 Å². The SMILES string of the molecule is O=C1CC2(CCN(C(=O)C(F)(F)C(F)(F)C(F)(F)F)C2)Oc2ccccc21. The highest BCUT2D eigenvalue weighted by molar-refractivity contribution is 6.00. The van der Waals surface area contributed by atoms with Gasteiger partial charge in [-0.3, -0.25) is 9.59 Å². The van der Waals surface area contributed by atoms with Crippen LogP contribution in [0.15, 0.2) is 24.3 Å². The van der Waals surface area contributed by atoms with Crippen LogP contribution in [0.5, 0.6) is 5.75 Å². The number of amides is 1. The van der Waals surface area contributed by atoms with Crippen molar-refractivity contribution in [3.05, 3.63) is 29.8 Å². The number of benzene rings is 1. The molecular weight excluding hydrogens is 387 g/mol. The van der Waals surface area contributed by atoms with E-state index in [0.29, 0.717) is 0 Å². The number of hydrogen-bond acceptors (Lipinski definition) is 3. The number of rotatable bonds is 2. The number of alkyl halides is 7. The second-order valence-corrected chi connectivity index (χ2v) is 6.50. The molecule has 11 heteroatoms. The molecule has 1 unspecified atom stereocenters. The number of halogens is 7. The van der Waals surface area contributed by atoms with Crippen LogP contribution in [0.3, 0.4) is 0 Å². The Balaban J connectivity index is 1.82. The van der Waals surface area contributed by atoms with Crippen molar-refractivity contribution in [3.8, 4) is 5.75 Å². The molecule has 0 aromatic heterocycles. The van der Waals surface area contributed by atoms with Gasteiger partial charge in [-0.2, -0.15) is 30.7 Å². The van der Waals surface area contributed by atoms with Gasteiger partial charge in [-0.15, -0.1) is 0 Å². The molecule has 1 spiro atoms. The normalized spacial score (nSPS) is 23.4. The highest BCUT2D eigenvalue weighted by atomic mass is 19.4. The van der Waals surface area contributed by atoms with E-state index in [1.165, 1.54) is 12.1 Å². The molecule has 0 aliphatic carbocycles. The summed E-state index contributed by atoms with van der Waals surface area (Å²) in [6.07, 6.45) is -7.07. The fourth-order valence-electron chi connectivity index (χ4n) is 3.20. The number of hydrogen-bond donors (Lipinski definition) is 0. The first-order valence-electron chi connectivity index (χ1n) is 7.74. The minimum Gasteiger partial charge on any atom is -0.484 e. The second-order valence-electron chi connectivity index (χ2n) is 6.50. The first kappa shape index (κ1) is 19.4. The van der Waals surface area contributed by atoms with Gasteiger partial charge in [0, 0.05) is 13.0 Å². The van der Waals surface area contributed by atoms with E-state index in [-0.39, 0.29) is 29.1 Å². The van der Waals surface area contributed by atoms with E-state index in [4.69, 9.17) is 4.74 Å². The van der Waals surface area contributed by atoms with Crippen molar-refractivity contribution in [2.75, 3.05) is 13.1 Å². The van der Waals surface area contributed by atoms with Crippen LogP contribution in [0.1, 0.15) is 23.2 Å². The van der Waals surface area contributed by atoms with E-state index >= 15 is 0 Å². The molecule has 0 N–H and O–H groups in total.